The maximum atomic E-state index is 13.6. The SMILES string of the molecule is CC(CC1CCCN1)N[C@H](C)c1ccccc1F. The maximum Gasteiger partial charge on any atom is 0.127 e. The molecule has 1 aliphatic rings. The van der Waals surface area contributed by atoms with Crippen LogP contribution in [0.25, 0.3) is 0 Å². The van der Waals surface area contributed by atoms with Crippen LogP contribution in [0.15, 0.2) is 24.3 Å². The first-order valence-corrected chi connectivity index (χ1v) is 6.90. The van der Waals surface area contributed by atoms with E-state index < -0.39 is 0 Å². The summed E-state index contributed by atoms with van der Waals surface area (Å²) in [6, 6.07) is 8.08. The van der Waals surface area contributed by atoms with Gasteiger partial charge in [-0.15, -0.1) is 0 Å². The third-order valence-electron chi connectivity index (χ3n) is 3.71. The zero-order chi connectivity index (χ0) is 13.0. The van der Waals surface area contributed by atoms with E-state index in [-0.39, 0.29) is 11.9 Å². The number of hydrogen-bond donors (Lipinski definition) is 2. The minimum atomic E-state index is -0.122. The lowest BCUT2D eigenvalue weighted by Crippen LogP contribution is -2.35. The average Bonchev–Trinajstić information content (AvgIpc) is 2.82. The summed E-state index contributed by atoms with van der Waals surface area (Å²) in [4.78, 5) is 0. The highest BCUT2D eigenvalue weighted by atomic mass is 19.1. The van der Waals surface area contributed by atoms with E-state index in [9.17, 15) is 4.39 Å². The lowest BCUT2D eigenvalue weighted by atomic mass is 10.0. The van der Waals surface area contributed by atoms with Crippen molar-refractivity contribution in [3.63, 3.8) is 0 Å². The smallest absolute Gasteiger partial charge is 0.127 e. The van der Waals surface area contributed by atoms with Gasteiger partial charge in [-0.25, -0.2) is 4.39 Å². The van der Waals surface area contributed by atoms with E-state index >= 15 is 0 Å². The Morgan fingerprint density at radius 2 is 2.17 bits per heavy atom. The molecule has 0 bridgehead atoms. The van der Waals surface area contributed by atoms with Crippen LogP contribution in [0.1, 0.15) is 44.7 Å². The largest absolute Gasteiger partial charge is 0.314 e. The van der Waals surface area contributed by atoms with Gasteiger partial charge in [0, 0.05) is 23.7 Å². The summed E-state index contributed by atoms with van der Waals surface area (Å²) in [6.45, 7) is 5.34. The zero-order valence-electron chi connectivity index (χ0n) is 11.2. The minimum absolute atomic E-state index is 0.0580. The maximum absolute atomic E-state index is 13.6. The predicted octanol–water partition coefficient (Wildman–Crippen LogP) is 3.01. The molecule has 0 spiro atoms. The number of benzene rings is 1. The Balaban J connectivity index is 1.86. The van der Waals surface area contributed by atoms with Crippen molar-refractivity contribution in [3.05, 3.63) is 35.6 Å². The average molecular weight is 250 g/mol. The van der Waals surface area contributed by atoms with Gasteiger partial charge >= 0.3 is 0 Å². The van der Waals surface area contributed by atoms with Crippen molar-refractivity contribution >= 4 is 0 Å². The summed E-state index contributed by atoms with van der Waals surface area (Å²) < 4.78 is 13.6. The summed E-state index contributed by atoms with van der Waals surface area (Å²) in [5.74, 6) is -0.122. The molecule has 3 heteroatoms. The van der Waals surface area contributed by atoms with Crippen LogP contribution >= 0.6 is 0 Å². The van der Waals surface area contributed by atoms with Gasteiger partial charge in [0.05, 0.1) is 0 Å². The fourth-order valence-electron chi connectivity index (χ4n) is 2.80. The Hall–Kier alpha value is -0.930. The highest BCUT2D eigenvalue weighted by Gasteiger charge is 2.19. The van der Waals surface area contributed by atoms with Gasteiger partial charge in [-0.2, -0.15) is 0 Å². The molecule has 18 heavy (non-hydrogen) atoms. The van der Waals surface area contributed by atoms with Gasteiger partial charge in [-0.1, -0.05) is 18.2 Å². The van der Waals surface area contributed by atoms with E-state index in [0.717, 1.165) is 18.5 Å². The van der Waals surface area contributed by atoms with Crippen LogP contribution in [-0.2, 0) is 0 Å². The molecule has 1 saturated heterocycles. The molecule has 3 atom stereocenters. The van der Waals surface area contributed by atoms with Gasteiger partial charge in [0.1, 0.15) is 5.82 Å². The Kier molecular flexibility index (Phi) is 4.72. The van der Waals surface area contributed by atoms with Crippen molar-refractivity contribution in [2.75, 3.05) is 6.54 Å². The van der Waals surface area contributed by atoms with Crippen LogP contribution < -0.4 is 10.6 Å². The van der Waals surface area contributed by atoms with E-state index in [0.29, 0.717) is 12.1 Å². The molecular formula is C15H23FN2. The first-order valence-electron chi connectivity index (χ1n) is 6.90. The van der Waals surface area contributed by atoms with Crippen LogP contribution in [0.2, 0.25) is 0 Å². The molecule has 0 saturated carbocycles. The van der Waals surface area contributed by atoms with Crippen LogP contribution in [0.5, 0.6) is 0 Å². The second-order valence-corrected chi connectivity index (χ2v) is 5.34. The summed E-state index contributed by atoms with van der Waals surface area (Å²) >= 11 is 0. The van der Waals surface area contributed by atoms with Crippen molar-refractivity contribution in [2.24, 2.45) is 0 Å². The van der Waals surface area contributed by atoms with Crippen LogP contribution in [0.4, 0.5) is 4.39 Å². The standard InChI is InChI=1S/C15H23FN2/c1-11(10-13-6-5-9-17-13)18-12(2)14-7-3-4-8-15(14)16/h3-4,7-8,11-13,17-18H,5-6,9-10H2,1-2H3/t11?,12-,13?/m1/s1. The van der Waals surface area contributed by atoms with E-state index in [1.54, 1.807) is 6.07 Å². The normalized spacial score (nSPS) is 22.9. The Morgan fingerprint density at radius 1 is 1.39 bits per heavy atom. The van der Waals surface area contributed by atoms with E-state index in [1.807, 2.05) is 19.1 Å². The zero-order valence-corrected chi connectivity index (χ0v) is 11.2. The van der Waals surface area contributed by atoms with Gasteiger partial charge in [0.25, 0.3) is 0 Å². The van der Waals surface area contributed by atoms with E-state index in [4.69, 9.17) is 0 Å². The lowest BCUT2D eigenvalue weighted by Gasteiger charge is -2.23. The molecule has 100 valence electrons. The quantitative estimate of drug-likeness (QED) is 0.839. The molecule has 1 aromatic rings. The third kappa shape index (κ3) is 3.53. The van der Waals surface area contributed by atoms with E-state index in [1.165, 1.54) is 18.9 Å². The molecule has 0 aromatic heterocycles. The van der Waals surface area contributed by atoms with Crippen molar-refractivity contribution in [3.8, 4) is 0 Å². The van der Waals surface area contributed by atoms with Crippen LogP contribution in [0, 0.1) is 5.82 Å². The highest BCUT2D eigenvalue weighted by molar-refractivity contribution is 5.20. The Bertz CT molecular complexity index is 375. The summed E-state index contributed by atoms with van der Waals surface area (Å²) in [6.07, 6.45) is 3.65. The summed E-state index contributed by atoms with van der Waals surface area (Å²) in [5, 5.41) is 6.98. The van der Waals surface area contributed by atoms with Crippen molar-refractivity contribution in [1.82, 2.24) is 10.6 Å². The minimum Gasteiger partial charge on any atom is -0.314 e. The molecule has 1 aliphatic heterocycles. The second-order valence-electron chi connectivity index (χ2n) is 5.34. The predicted molar refractivity (Wildman–Crippen MR) is 73.1 cm³/mol. The first-order chi connectivity index (χ1) is 8.66. The number of halogens is 1. The van der Waals surface area contributed by atoms with Gasteiger partial charge in [-0.3, -0.25) is 0 Å². The monoisotopic (exact) mass is 250 g/mol. The fourth-order valence-corrected chi connectivity index (χ4v) is 2.80. The second kappa shape index (κ2) is 6.30. The lowest BCUT2D eigenvalue weighted by molar-refractivity contribution is 0.401. The fraction of sp³-hybridized carbons (Fsp3) is 0.600. The van der Waals surface area contributed by atoms with Crippen molar-refractivity contribution in [1.29, 1.82) is 0 Å². The molecule has 2 rings (SSSR count). The van der Waals surface area contributed by atoms with Gasteiger partial charge < -0.3 is 10.6 Å². The van der Waals surface area contributed by atoms with E-state index in [2.05, 4.69) is 17.6 Å². The number of hydrogen-bond acceptors (Lipinski definition) is 2. The summed E-state index contributed by atoms with van der Waals surface area (Å²) in [7, 11) is 0. The molecule has 0 amide bonds. The molecule has 1 heterocycles. The topological polar surface area (TPSA) is 24.1 Å². The molecule has 1 aromatic carbocycles. The molecule has 0 aliphatic carbocycles. The Morgan fingerprint density at radius 3 is 2.83 bits per heavy atom. The molecule has 0 radical (unpaired) electrons. The van der Waals surface area contributed by atoms with Crippen molar-refractivity contribution < 1.29 is 4.39 Å². The number of nitrogens with one attached hydrogen (secondary N) is 2. The molecule has 2 N–H and O–H groups in total. The van der Waals surface area contributed by atoms with Gasteiger partial charge in [0.15, 0.2) is 0 Å². The summed E-state index contributed by atoms with van der Waals surface area (Å²) in [5.41, 5.74) is 0.753. The van der Waals surface area contributed by atoms with Gasteiger partial charge in [0.2, 0.25) is 0 Å². The molecule has 2 nitrogen and oxygen atoms in total. The van der Waals surface area contributed by atoms with Crippen molar-refractivity contribution in [2.45, 2.75) is 51.2 Å². The van der Waals surface area contributed by atoms with Crippen LogP contribution in [0.3, 0.4) is 0 Å². The first kappa shape index (κ1) is 13.5. The molecule has 1 fully saturated rings. The third-order valence-corrected chi connectivity index (χ3v) is 3.71. The Labute approximate surface area is 109 Å². The molecule has 2 unspecified atom stereocenters. The number of rotatable bonds is 5. The van der Waals surface area contributed by atoms with Gasteiger partial charge in [-0.05, 0) is 45.7 Å². The highest BCUT2D eigenvalue weighted by Crippen LogP contribution is 2.18. The molecular weight excluding hydrogens is 227 g/mol. The van der Waals surface area contributed by atoms with Crippen LogP contribution in [-0.4, -0.2) is 18.6 Å².